The van der Waals surface area contributed by atoms with Crippen LogP contribution in [-0.4, -0.2) is 3.71 Å². The molecule has 4 aromatic rings. The molecule has 49 heavy (non-hydrogen) atoms. The van der Waals surface area contributed by atoms with Crippen LogP contribution < -0.4 is 24.8 Å². The van der Waals surface area contributed by atoms with Crippen molar-refractivity contribution < 1.29 is 49.0 Å². The number of benzene rings is 3. The third-order valence-corrected chi connectivity index (χ3v) is 12.4. The molecular weight excluding hydrogens is 715 g/mol. The van der Waals surface area contributed by atoms with E-state index in [1.807, 2.05) is 6.07 Å². The molecule has 0 aromatic heterocycles. The summed E-state index contributed by atoms with van der Waals surface area (Å²) in [4.78, 5) is 0. The second-order valence-electron chi connectivity index (χ2n) is 17.7. The molecule has 0 nitrogen and oxygen atoms in total. The Morgan fingerprint density at radius 2 is 1.35 bits per heavy atom. The van der Waals surface area contributed by atoms with Gasteiger partial charge >= 0.3 is 63.8 Å². The van der Waals surface area contributed by atoms with Gasteiger partial charge in [-0.1, -0.05) is 96.6 Å². The minimum atomic E-state index is 0. The molecule has 0 radical (unpaired) electrons. The van der Waals surface area contributed by atoms with Gasteiger partial charge in [-0.05, 0) is 79.1 Å². The van der Waals surface area contributed by atoms with Gasteiger partial charge < -0.3 is 24.8 Å². The first kappa shape index (κ1) is 40.1. The summed E-state index contributed by atoms with van der Waals surface area (Å²) in [5, 5.41) is 0. The van der Waals surface area contributed by atoms with Gasteiger partial charge in [-0.25, -0.2) is 6.07 Å². The van der Waals surface area contributed by atoms with Gasteiger partial charge in [0.1, 0.15) is 0 Å². The Balaban J connectivity index is 0.000000176. The van der Waals surface area contributed by atoms with Gasteiger partial charge in [0.2, 0.25) is 0 Å². The Labute approximate surface area is 325 Å². The molecule has 5 aliphatic carbocycles. The number of hydrogen-bond acceptors (Lipinski definition) is 0. The Hall–Kier alpha value is -1.66. The summed E-state index contributed by atoms with van der Waals surface area (Å²) >= 11 is 1.46. The van der Waals surface area contributed by atoms with E-state index in [1.54, 1.807) is 49.7 Å². The molecule has 9 rings (SSSR count). The van der Waals surface area contributed by atoms with Crippen LogP contribution in [0.15, 0.2) is 72.8 Å². The first-order valence-corrected chi connectivity index (χ1v) is 19.6. The maximum atomic E-state index is 3.53. The zero-order valence-electron chi connectivity index (χ0n) is 31.2. The van der Waals surface area contributed by atoms with Crippen LogP contribution in [0.25, 0.3) is 11.1 Å². The molecule has 0 heterocycles. The van der Waals surface area contributed by atoms with Gasteiger partial charge in [0.25, 0.3) is 0 Å². The number of halogens is 2. The quantitative estimate of drug-likeness (QED) is 0.203. The van der Waals surface area contributed by atoms with Crippen LogP contribution in [0, 0.1) is 43.1 Å². The Morgan fingerprint density at radius 1 is 0.776 bits per heavy atom. The van der Waals surface area contributed by atoms with Crippen LogP contribution in [-0.2, 0) is 47.9 Å². The fourth-order valence-corrected chi connectivity index (χ4v) is 9.97. The van der Waals surface area contributed by atoms with Crippen LogP contribution in [0.4, 0.5) is 0 Å². The fraction of sp³-hybridized carbons (Fsp3) is 0.478. The summed E-state index contributed by atoms with van der Waals surface area (Å²) in [6, 6.07) is 30.2. The van der Waals surface area contributed by atoms with E-state index in [-0.39, 0.29) is 35.6 Å². The van der Waals surface area contributed by atoms with E-state index in [0.29, 0.717) is 5.41 Å². The first-order chi connectivity index (χ1) is 22.2. The zero-order chi connectivity index (χ0) is 33.6. The summed E-state index contributed by atoms with van der Waals surface area (Å²) in [6.45, 7) is 18.2. The SMILES string of the molecule is CC(C)(C)c1c[c-]c2c(c1)-c1cc(C(C)(C)C)ccc1C2.Cc1cc(CC23CC4CC(CC(C4)C2)C3)c(C)[cH-]1.[Cl-].[Cl-].[Zr+2]=[CH]c1ccccc1. The molecule has 4 fully saturated rings. The van der Waals surface area contributed by atoms with Gasteiger partial charge in [-0.3, -0.25) is 0 Å². The molecule has 4 saturated carbocycles. The molecule has 4 aromatic carbocycles. The summed E-state index contributed by atoms with van der Waals surface area (Å²) in [5.41, 5.74) is 15.5. The average molecular weight is 771 g/mol. The zero-order valence-corrected chi connectivity index (χ0v) is 35.1. The van der Waals surface area contributed by atoms with Crippen molar-refractivity contribution in [2.24, 2.45) is 23.2 Å². The van der Waals surface area contributed by atoms with E-state index in [4.69, 9.17) is 0 Å². The van der Waals surface area contributed by atoms with Crippen molar-refractivity contribution in [2.45, 2.75) is 118 Å². The molecule has 0 N–H and O–H groups in total. The standard InChI is InChI=1S/C21H25.C18H25.C7H6.2ClH.Zr/c1-20(2,3)16-9-7-14-11-15-8-10-17(21(4,5)6)13-19(15)18(14)12-16;1-12-3-13(2)17(4-12)11-18-8-14-5-15(9-18)7-16(6-14)10-18;1-7-5-3-2-4-6-7;;;/h7,9-10,12-13H,11H2,1-6H3;3-4,14-16H,5-11H2,1-2H3;1-6H;2*1H;/q2*-1;;;;+2/p-2. The molecule has 4 bridgehead atoms. The maximum absolute atomic E-state index is 3.53. The average Bonchev–Trinajstić information content (AvgIpc) is 3.53. The van der Waals surface area contributed by atoms with Crippen molar-refractivity contribution >= 4 is 3.71 Å². The van der Waals surface area contributed by atoms with E-state index >= 15 is 0 Å². The number of fused-ring (bicyclic) bond motifs is 3. The predicted octanol–water partition coefficient (Wildman–Crippen LogP) is 5.83. The van der Waals surface area contributed by atoms with E-state index < -0.39 is 0 Å². The van der Waals surface area contributed by atoms with Gasteiger partial charge in [-0.2, -0.15) is 52.1 Å². The number of hydrogen-bond donors (Lipinski definition) is 0. The van der Waals surface area contributed by atoms with Gasteiger partial charge in [-0.15, -0.1) is 5.56 Å². The van der Waals surface area contributed by atoms with Crippen molar-refractivity contribution in [1.29, 1.82) is 0 Å². The Morgan fingerprint density at radius 3 is 1.84 bits per heavy atom. The van der Waals surface area contributed by atoms with Crippen molar-refractivity contribution in [3.8, 4) is 11.1 Å². The van der Waals surface area contributed by atoms with E-state index in [2.05, 4.69) is 132 Å². The number of aryl methyl sites for hydroxylation is 2. The fourth-order valence-electron chi connectivity index (χ4n) is 9.50. The predicted molar refractivity (Wildman–Crippen MR) is 198 cm³/mol. The van der Waals surface area contributed by atoms with Crippen LogP contribution >= 0.6 is 0 Å². The molecule has 5 aliphatic rings. The van der Waals surface area contributed by atoms with Gasteiger partial charge in [0.15, 0.2) is 0 Å². The Kier molecular flexibility index (Phi) is 13.0. The molecule has 0 spiro atoms. The second-order valence-corrected chi connectivity index (χ2v) is 18.4. The summed E-state index contributed by atoms with van der Waals surface area (Å²) in [6.07, 6.45) is 11.7. The summed E-state index contributed by atoms with van der Waals surface area (Å²) in [7, 11) is 0. The van der Waals surface area contributed by atoms with Crippen molar-refractivity contribution in [2.75, 3.05) is 0 Å². The first-order valence-electron chi connectivity index (χ1n) is 18.2. The second kappa shape index (κ2) is 15.9. The molecular formula is C46H56Cl2Zr-2. The molecule has 0 aliphatic heterocycles. The third-order valence-electron chi connectivity index (χ3n) is 11.6. The summed E-state index contributed by atoms with van der Waals surface area (Å²) < 4.78 is 2.17. The van der Waals surface area contributed by atoms with Gasteiger partial charge in [0, 0.05) is 0 Å². The number of rotatable bonds is 3. The monoisotopic (exact) mass is 768 g/mol. The molecule has 0 atom stereocenters. The van der Waals surface area contributed by atoms with Gasteiger partial charge in [0.05, 0.1) is 0 Å². The van der Waals surface area contributed by atoms with Crippen molar-refractivity contribution in [3.05, 3.63) is 123 Å². The molecule has 0 amide bonds. The third kappa shape index (κ3) is 9.42. The Bertz CT molecular complexity index is 1620. The van der Waals surface area contributed by atoms with E-state index in [1.165, 1.54) is 75.2 Å². The van der Waals surface area contributed by atoms with Crippen LogP contribution in [0.3, 0.4) is 0 Å². The van der Waals surface area contributed by atoms with Crippen LogP contribution in [0.2, 0.25) is 0 Å². The summed E-state index contributed by atoms with van der Waals surface area (Å²) in [5.74, 6) is 3.27. The van der Waals surface area contributed by atoms with E-state index in [0.717, 1.165) is 24.2 Å². The van der Waals surface area contributed by atoms with Crippen LogP contribution in [0.5, 0.6) is 0 Å². The molecule has 3 heteroatoms. The topological polar surface area (TPSA) is 0 Å². The van der Waals surface area contributed by atoms with Crippen molar-refractivity contribution in [1.82, 2.24) is 0 Å². The normalized spacial score (nSPS) is 22.7. The minimum absolute atomic E-state index is 0. The van der Waals surface area contributed by atoms with E-state index in [9.17, 15) is 0 Å². The molecule has 260 valence electrons. The molecule has 0 unspecified atom stereocenters. The van der Waals surface area contributed by atoms with Crippen molar-refractivity contribution in [3.63, 3.8) is 0 Å². The van der Waals surface area contributed by atoms with Crippen LogP contribution in [0.1, 0.15) is 125 Å². The molecule has 0 saturated heterocycles.